The van der Waals surface area contributed by atoms with Gasteiger partial charge in [0, 0.05) is 7.11 Å². The van der Waals surface area contributed by atoms with Crippen molar-refractivity contribution in [1.82, 2.24) is 0 Å². The van der Waals surface area contributed by atoms with Crippen molar-refractivity contribution in [2.75, 3.05) is 13.7 Å². The zero-order valence-electron chi connectivity index (χ0n) is 15.1. The van der Waals surface area contributed by atoms with Gasteiger partial charge in [0.05, 0.1) is 13.0 Å². The van der Waals surface area contributed by atoms with E-state index < -0.39 is 42.5 Å². The smallest absolute Gasteiger partial charge is 0.345 e. The maximum Gasteiger partial charge on any atom is 0.345 e. The Kier molecular flexibility index (Phi) is 7.25. The number of esters is 2. The summed E-state index contributed by atoms with van der Waals surface area (Å²) in [5, 5.41) is 20.1. The minimum absolute atomic E-state index is 0.0870. The van der Waals surface area contributed by atoms with Crippen molar-refractivity contribution >= 4 is 17.9 Å². The largest absolute Gasteiger partial charge is 0.481 e. The average molecular weight is 388 g/mol. The summed E-state index contributed by atoms with van der Waals surface area (Å²) in [5.74, 6) is -5.20. The fourth-order valence-corrected chi connectivity index (χ4v) is 2.50. The lowest BCUT2D eigenvalue weighted by Crippen LogP contribution is -2.55. The number of hydrogen-bond acceptors (Lipinski definition) is 7. The molecule has 0 aliphatic carbocycles. The molecule has 2 N–H and O–H groups in total. The Morgan fingerprint density at radius 3 is 1.89 bits per heavy atom. The van der Waals surface area contributed by atoms with Crippen LogP contribution < -0.4 is 9.47 Å². The van der Waals surface area contributed by atoms with Gasteiger partial charge in [-0.15, -0.1) is 0 Å². The van der Waals surface area contributed by atoms with Crippen LogP contribution in [-0.2, 0) is 19.1 Å². The van der Waals surface area contributed by atoms with E-state index in [0.29, 0.717) is 0 Å². The van der Waals surface area contributed by atoms with Crippen LogP contribution in [0.5, 0.6) is 11.5 Å². The van der Waals surface area contributed by atoms with Gasteiger partial charge < -0.3 is 24.4 Å². The Bertz CT molecular complexity index is 805. The summed E-state index contributed by atoms with van der Waals surface area (Å²) in [6, 6.07) is 15.7. The fourth-order valence-electron chi connectivity index (χ4n) is 2.50. The summed E-state index contributed by atoms with van der Waals surface area (Å²) in [6.07, 6.45) is -1.07. The van der Waals surface area contributed by atoms with Crippen LogP contribution in [0.1, 0.15) is 6.42 Å². The van der Waals surface area contributed by atoms with E-state index in [2.05, 4.69) is 0 Å². The minimum atomic E-state index is -2.70. The van der Waals surface area contributed by atoms with Crippen molar-refractivity contribution in [2.24, 2.45) is 5.92 Å². The van der Waals surface area contributed by atoms with Crippen LogP contribution in [0.2, 0.25) is 0 Å². The first kappa shape index (κ1) is 21.1. The molecule has 2 unspecified atom stereocenters. The molecule has 0 bridgehead atoms. The Hall–Kier alpha value is -3.23. The summed E-state index contributed by atoms with van der Waals surface area (Å²) < 4.78 is 15.2. The van der Waals surface area contributed by atoms with Crippen molar-refractivity contribution in [3.8, 4) is 11.5 Å². The van der Waals surface area contributed by atoms with E-state index in [4.69, 9.17) is 14.2 Å². The molecule has 0 saturated heterocycles. The summed E-state index contributed by atoms with van der Waals surface area (Å²) in [4.78, 5) is 36.6. The number of hydrogen-bond donors (Lipinski definition) is 2. The molecule has 0 heterocycles. The van der Waals surface area contributed by atoms with Crippen molar-refractivity contribution in [3.63, 3.8) is 0 Å². The van der Waals surface area contributed by atoms with Gasteiger partial charge in [0.1, 0.15) is 17.4 Å². The molecule has 2 atom stereocenters. The molecule has 0 amide bonds. The molecule has 2 aromatic carbocycles. The maximum atomic E-state index is 12.6. The van der Waals surface area contributed by atoms with Crippen LogP contribution in [0.4, 0.5) is 0 Å². The van der Waals surface area contributed by atoms with E-state index in [1.807, 2.05) is 0 Å². The van der Waals surface area contributed by atoms with Gasteiger partial charge in [-0.3, -0.25) is 9.59 Å². The van der Waals surface area contributed by atoms with Crippen LogP contribution in [0.15, 0.2) is 60.7 Å². The fraction of sp³-hybridized carbons (Fsp3) is 0.250. The number of carboxylic acid groups (broad SMARTS) is 1. The number of rotatable bonds is 9. The molecule has 2 rings (SSSR count). The number of benzene rings is 2. The molecule has 0 saturated carbocycles. The number of aliphatic carboxylic acids is 1. The van der Waals surface area contributed by atoms with Crippen molar-refractivity contribution < 1.29 is 38.8 Å². The maximum absolute atomic E-state index is 12.6. The van der Waals surface area contributed by atoms with E-state index in [-0.39, 0.29) is 11.5 Å². The lowest BCUT2D eigenvalue weighted by Gasteiger charge is -2.30. The van der Waals surface area contributed by atoms with E-state index in [1.165, 1.54) is 31.4 Å². The van der Waals surface area contributed by atoms with E-state index >= 15 is 0 Å². The molecule has 0 spiro atoms. The van der Waals surface area contributed by atoms with Crippen molar-refractivity contribution in [3.05, 3.63) is 60.7 Å². The Morgan fingerprint density at radius 1 is 0.929 bits per heavy atom. The number of ether oxygens (including phenoxy) is 3. The summed E-state index contributed by atoms with van der Waals surface area (Å²) in [7, 11) is 1.24. The highest BCUT2D eigenvalue weighted by molar-refractivity contribution is 5.92. The molecule has 8 nitrogen and oxygen atoms in total. The summed E-state index contributed by atoms with van der Waals surface area (Å²) in [5.41, 5.74) is -2.70. The molecule has 0 aliphatic heterocycles. The van der Waals surface area contributed by atoms with Crippen LogP contribution in [-0.4, -0.2) is 47.4 Å². The van der Waals surface area contributed by atoms with E-state index in [9.17, 15) is 24.6 Å². The standard InChI is InChI=1S/C20H20O8/c1-26-13-16(18(23)27-14-8-4-2-5-9-14)20(25,12-17(21)22)19(24)28-15-10-6-3-7-11-15/h2-11,16,25H,12-13H2,1H3,(H,21,22). The first-order valence-electron chi connectivity index (χ1n) is 8.34. The van der Waals surface area contributed by atoms with E-state index in [1.54, 1.807) is 36.4 Å². The summed E-state index contributed by atoms with van der Waals surface area (Å²) in [6.45, 7) is -0.459. The topological polar surface area (TPSA) is 119 Å². The van der Waals surface area contributed by atoms with Crippen molar-refractivity contribution in [2.45, 2.75) is 12.0 Å². The normalized spacial score (nSPS) is 13.8. The molecule has 0 aromatic heterocycles. The second-order valence-electron chi connectivity index (χ2n) is 5.94. The molecule has 148 valence electrons. The summed E-state index contributed by atoms with van der Waals surface area (Å²) >= 11 is 0. The van der Waals surface area contributed by atoms with Gasteiger partial charge >= 0.3 is 17.9 Å². The number of para-hydroxylation sites is 2. The van der Waals surface area contributed by atoms with Gasteiger partial charge in [-0.05, 0) is 24.3 Å². The van der Waals surface area contributed by atoms with Crippen LogP contribution in [0.3, 0.4) is 0 Å². The third-order valence-corrected chi connectivity index (χ3v) is 3.88. The third-order valence-electron chi connectivity index (χ3n) is 3.88. The number of carbonyl (C=O) groups is 3. The van der Waals surface area contributed by atoms with Gasteiger partial charge in [-0.2, -0.15) is 0 Å². The van der Waals surface area contributed by atoms with Crippen molar-refractivity contribution in [1.29, 1.82) is 0 Å². The number of carbonyl (C=O) groups excluding carboxylic acids is 2. The quantitative estimate of drug-likeness (QED) is 0.492. The van der Waals surface area contributed by atoms with Gasteiger partial charge in [0.2, 0.25) is 0 Å². The minimum Gasteiger partial charge on any atom is -0.481 e. The second kappa shape index (κ2) is 9.63. The number of aliphatic hydroxyl groups is 1. The Labute approximate surface area is 161 Å². The van der Waals surface area contributed by atoms with Gasteiger partial charge in [-0.25, -0.2) is 4.79 Å². The predicted octanol–water partition coefficient (Wildman–Crippen LogP) is 1.67. The number of methoxy groups -OCH3 is 1. The molecular weight excluding hydrogens is 368 g/mol. The third kappa shape index (κ3) is 5.38. The SMILES string of the molecule is COCC(C(=O)Oc1ccccc1)C(O)(CC(=O)O)C(=O)Oc1ccccc1. The van der Waals surface area contributed by atoms with Crippen LogP contribution >= 0.6 is 0 Å². The molecule has 0 aliphatic rings. The predicted molar refractivity (Wildman–Crippen MR) is 96.7 cm³/mol. The molecule has 0 radical (unpaired) electrons. The Morgan fingerprint density at radius 2 is 1.43 bits per heavy atom. The highest BCUT2D eigenvalue weighted by Crippen LogP contribution is 2.28. The average Bonchev–Trinajstić information content (AvgIpc) is 2.67. The lowest BCUT2D eigenvalue weighted by molar-refractivity contribution is -0.179. The van der Waals surface area contributed by atoms with Gasteiger partial charge in [0.25, 0.3) is 0 Å². The van der Waals surface area contributed by atoms with Gasteiger partial charge in [0.15, 0.2) is 5.60 Å². The molecule has 0 fully saturated rings. The van der Waals surface area contributed by atoms with Gasteiger partial charge in [-0.1, -0.05) is 36.4 Å². The Balaban J connectivity index is 2.32. The number of carboxylic acids is 1. The van der Waals surface area contributed by atoms with Crippen LogP contribution in [0.25, 0.3) is 0 Å². The molecule has 2 aromatic rings. The zero-order chi connectivity index (χ0) is 20.6. The molecule has 8 heteroatoms. The van der Waals surface area contributed by atoms with Crippen LogP contribution in [0, 0.1) is 5.92 Å². The molecule has 28 heavy (non-hydrogen) atoms. The highest BCUT2D eigenvalue weighted by atomic mass is 16.6. The lowest BCUT2D eigenvalue weighted by atomic mass is 9.84. The molecular formula is C20H20O8. The highest BCUT2D eigenvalue weighted by Gasteiger charge is 2.52. The first-order chi connectivity index (χ1) is 13.4. The van der Waals surface area contributed by atoms with E-state index in [0.717, 1.165) is 0 Å². The monoisotopic (exact) mass is 388 g/mol. The second-order valence-corrected chi connectivity index (χ2v) is 5.94. The first-order valence-corrected chi connectivity index (χ1v) is 8.34. The zero-order valence-corrected chi connectivity index (χ0v) is 15.1.